The lowest BCUT2D eigenvalue weighted by Crippen LogP contribution is -2.44. The van der Waals surface area contributed by atoms with Crippen LogP contribution in [0.5, 0.6) is 0 Å². The van der Waals surface area contributed by atoms with E-state index in [1.165, 1.54) is 9.13 Å². The van der Waals surface area contributed by atoms with Gasteiger partial charge in [0.15, 0.2) is 8.32 Å². The van der Waals surface area contributed by atoms with Crippen LogP contribution in [0.2, 0.25) is 18.1 Å². The minimum absolute atomic E-state index is 0.210. The molecule has 206 valence electrons. The summed E-state index contributed by atoms with van der Waals surface area (Å²) in [5.74, 6) is 6.15. The SMILES string of the molecule is Cn1c(=O)n(C2CCC(=O)NC2=O)c2cccc(C#CCOC3CCC(CO[Si](C)(C)C(C)(C)C)CC3)c21. The molecule has 8 nitrogen and oxygen atoms in total. The number of para-hydroxylation sites is 1. The van der Waals surface area contributed by atoms with E-state index in [-0.39, 0.29) is 29.2 Å². The van der Waals surface area contributed by atoms with E-state index in [1.807, 2.05) is 18.2 Å². The number of hydrogen-bond acceptors (Lipinski definition) is 5. The van der Waals surface area contributed by atoms with Crippen molar-refractivity contribution in [3.8, 4) is 11.8 Å². The first kappa shape index (κ1) is 28.3. The van der Waals surface area contributed by atoms with Crippen molar-refractivity contribution in [2.75, 3.05) is 13.2 Å². The summed E-state index contributed by atoms with van der Waals surface area (Å²) in [5, 5.41) is 2.57. The second-order valence-corrected chi connectivity index (χ2v) is 17.0. The largest absolute Gasteiger partial charge is 0.417 e. The van der Waals surface area contributed by atoms with Crippen molar-refractivity contribution in [2.45, 2.75) is 89.6 Å². The predicted molar refractivity (Wildman–Crippen MR) is 150 cm³/mol. The van der Waals surface area contributed by atoms with Crippen LogP contribution in [-0.2, 0) is 25.8 Å². The maximum atomic E-state index is 13.1. The highest BCUT2D eigenvalue weighted by atomic mass is 28.4. The number of piperidine rings is 1. The first-order chi connectivity index (χ1) is 17.9. The fraction of sp³-hybridized carbons (Fsp3) is 0.621. The molecule has 1 saturated heterocycles. The molecule has 2 aliphatic rings. The zero-order chi connectivity index (χ0) is 27.7. The highest BCUT2D eigenvalue weighted by Crippen LogP contribution is 2.38. The van der Waals surface area contributed by atoms with Crippen LogP contribution in [0.1, 0.15) is 70.9 Å². The highest BCUT2D eigenvalue weighted by molar-refractivity contribution is 6.74. The average Bonchev–Trinajstić information content (AvgIpc) is 3.11. The number of benzene rings is 1. The molecule has 2 aromatic rings. The summed E-state index contributed by atoms with van der Waals surface area (Å²) in [6, 6.07) is 4.81. The van der Waals surface area contributed by atoms with Crippen molar-refractivity contribution >= 4 is 31.2 Å². The van der Waals surface area contributed by atoms with E-state index in [4.69, 9.17) is 9.16 Å². The van der Waals surface area contributed by atoms with Gasteiger partial charge in [-0.2, -0.15) is 0 Å². The molecule has 1 aliphatic heterocycles. The number of hydrogen-bond donors (Lipinski definition) is 1. The van der Waals surface area contributed by atoms with Gasteiger partial charge in [0, 0.05) is 20.1 Å². The summed E-state index contributed by atoms with van der Waals surface area (Å²) in [4.78, 5) is 37.1. The summed E-state index contributed by atoms with van der Waals surface area (Å²) in [6.45, 7) is 12.6. The Morgan fingerprint density at radius 3 is 2.45 bits per heavy atom. The number of amides is 2. The molecule has 4 rings (SSSR count). The average molecular weight is 540 g/mol. The van der Waals surface area contributed by atoms with Crippen LogP contribution in [0.3, 0.4) is 0 Å². The van der Waals surface area contributed by atoms with Gasteiger partial charge in [0.25, 0.3) is 0 Å². The van der Waals surface area contributed by atoms with Crippen LogP contribution >= 0.6 is 0 Å². The lowest BCUT2D eigenvalue weighted by atomic mass is 9.88. The lowest BCUT2D eigenvalue weighted by molar-refractivity contribution is -0.135. The standard InChI is InChI=1S/C29H41N3O5Si/c1-29(2,3)38(5,6)37-19-20-12-14-22(15-13-20)36-18-8-10-21-9-7-11-23-26(21)31(4)28(35)32(23)24-16-17-25(33)30-27(24)34/h7,9,11,20,22,24H,12-19H2,1-6H3,(H,30,33,34). The van der Waals surface area contributed by atoms with Gasteiger partial charge in [0.1, 0.15) is 12.6 Å². The Labute approximate surface area is 226 Å². The third kappa shape index (κ3) is 5.98. The predicted octanol–water partition coefficient (Wildman–Crippen LogP) is 4.27. The molecule has 1 atom stereocenters. The maximum Gasteiger partial charge on any atom is 0.329 e. The Hall–Kier alpha value is -2.67. The second kappa shape index (κ2) is 11.2. The van der Waals surface area contributed by atoms with E-state index >= 15 is 0 Å². The third-order valence-electron chi connectivity index (χ3n) is 8.52. The Bertz CT molecular complexity index is 1320. The fourth-order valence-electron chi connectivity index (χ4n) is 5.07. The molecule has 0 spiro atoms. The number of aromatic nitrogens is 2. The van der Waals surface area contributed by atoms with Crippen molar-refractivity contribution in [3.63, 3.8) is 0 Å². The Kier molecular flexibility index (Phi) is 8.36. The molecular weight excluding hydrogens is 498 g/mol. The number of nitrogens with zero attached hydrogens (tertiary/aromatic N) is 2. The van der Waals surface area contributed by atoms with Crippen molar-refractivity contribution in [1.29, 1.82) is 0 Å². The molecule has 1 aromatic heterocycles. The number of carbonyl (C=O) groups excluding carboxylic acids is 2. The van der Waals surface area contributed by atoms with Gasteiger partial charge in [-0.1, -0.05) is 38.7 Å². The molecule has 2 fully saturated rings. The van der Waals surface area contributed by atoms with E-state index in [0.29, 0.717) is 35.5 Å². The van der Waals surface area contributed by atoms with Gasteiger partial charge in [-0.15, -0.1) is 0 Å². The Morgan fingerprint density at radius 2 is 1.79 bits per heavy atom. The van der Waals surface area contributed by atoms with E-state index in [0.717, 1.165) is 32.3 Å². The summed E-state index contributed by atoms with van der Waals surface area (Å²) >= 11 is 0. The number of nitrogens with one attached hydrogen (secondary N) is 1. The van der Waals surface area contributed by atoms with Crippen molar-refractivity contribution in [1.82, 2.24) is 14.5 Å². The zero-order valence-electron chi connectivity index (χ0n) is 23.6. The molecule has 0 bridgehead atoms. The van der Waals surface area contributed by atoms with E-state index in [1.54, 1.807) is 7.05 Å². The van der Waals surface area contributed by atoms with Crippen LogP contribution < -0.4 is 11.0 Å². The van der Waals surface area contributed by atoms with Crippen molar-refractivity contribution in [2.24, 2.45) is 13.0 Å². The topological polar surface area (TPSA) is 91.6 Å². The molecule has 2 heterocycles. The molecule has 1 aliphatic carbocycles. The molecule has 1 unspecified atom stereocenters. The van der Waals surface area contributed by atoms with Crippen LogP contribution in [0, 0.1) is 17.8 Å². The number of ether oxygens (including phenoxy) is 1. The molecule has 38 heavy (non-hydrogen) atoms. The minimum atomic E-state index is -1.71. The normalized spacial score (nSPS) is 22.7. The van der Waals surface area contributed by atoms with E-state index in [2.05, 4.69) is 51.0 Å². The zero-order valence-corrected chi connectivity index (χ0v) is 24.6. The number of carbonyl (C=O) groups is 2. The number of imide groups is 1. The fourth-order valence-corrected chi connectivity index (χ4v) is 6.15. The van der Waals surface area contributed by atoms with Gasteiger partial charge in [0.2, 0.25) is 11.8 Å². The van der Waals surface area contributed by atoms with Gasteiger partial charge in [-0.25, -0.2) is 4.79 Å². The van der Waals surface area contributed by atoms with Crippen LogP contribution in [0.4, 0.5) is 0 Å². The smallest absolute Gasteiger partial charge is 0.329 e. The maximum absolute atomic E-state index is 13.1. The van der Waals surface area contributed by atoms with Crippen molar-refractivity contribution in [3.05, 3.63) is 34.2 Å². The van der Waals surface area contributed by atoms with Crippen molar-refractivity contribution < 1.29 is 18.8 Å². The second-order valence-electron chi connectivity index (χ2n) is 12.2. The van der Waals surface area contributed by atoms with Gasteiger partial charge >= 0.3 is 5.69 Å². The summed E-state index contributed by atoms with van der Waals surface area (Å²) in [6.07, 6.45) is 4.99. The number of fused-ring (bicyclic) bond motifs is 1. The van der Waals surface area contributed by atoms with E-state index < -0.39 is 20.3 Å². The first-order valence-electron chi connectivity index (χ1n) is 13.7. The molecule has 9 heteroatoms. The Morgan fingerprint density at radius 1 is 1.08 bits per heavy atom. The third-order valence-corrected chi connectivity index (χ3v) is 13.0. The highest BCUT2D eigenvalue weighted by Gasteiger charge is 2.38. The summed E-state index contributed by atoms with van der Waals surface area (Å²) in [5.41, 5.74) is 1.73. The van der Waals surface area contributed by atoms with Crippen LogP contribution in [0.25, 0.3) is 11.0 Å². The lowest BCUT2D eigenvalue weighted by Gasteiger charge is -2.38. The van der Waals surface area contributed by atoms with Crippen LogP contribution in [0.15, 0.2) is 23.0 Å². The van der Waals surface area contributed by atoms with Gasteiger partial charge in [-0.05, 0) is 68.3 Å². The molecule has 1 aromatic carbocycles. The number of rotatable bonds is 6. The summed E-state index contributed by atoms with van der Waals surface area (Å²) in [7, 11) is -0.0292. The quantitative estimate of drug-likeness (QED) is 0.336. The molecule has 0 radical (unpaired) electrons. The minimum Gasteiger partial charge on any atom is -0.417 e. The van der Waals surface area contributed by atoms with E-state index in [9.17, 15) is 14.4 Å². The Balaban J connectivity index is 1.36. The number of imidazole rings is 1. The molecule has 1 saturated carbocycles. The monoisotopic (exact) mass is 539 g/mol. The molecular formula is C29H41N3O5Si. The summed E-state index contributed by atoms with van der Waals surface area (Å²) < 4.78 is 15.5. The molecule has 1 N–H and O–H groups in total. The number of aryl methyl sites for hydroxylation is 1. The van der Waals surface area contributed by atoms with Gasteiger partial charge < -0.3 is 9.16 Å². The van der Waals surface area contributed by atoms with Gasteiger partial charge in [0.05, 0.1) is 22.7 Å². The van der Waals surface area contributed by atoms with Gasteiger partial charge in [-0.3, -0.25) is 24.0 Å². The van der Waals surface area contributed by atoms with Crippen LogP contribution in [-0.4, -0.2) is 48.6 Å². The first-order valence-corrected chi connectivity index (χ1v) is 16.6. The molecule has 2 amide bonds.